The molecule has 242 valence electrons. The number of nitrogens with zero attached hydrogens (tertiary/aromatic N) is 2. The monoisotopic (exact) mass is 683 g/mol. The molecule has 0 spiro atoms. The van der Waals surface area contributed by atoms with Crippen LogP contribution in [-0.2, 0) is 32.3 Å². The zero-order valence-corrected chi connectivity index (χ0v) is 27.1. The standard InChI is InChI=1S/C32H34Cl2F3N3O4S/c1-21-11-14-27(15-12-21)45(43,44)40(26-13-16-29(34)28(18-26)32(35,36)37)20-30(41)39(19-23-7-6-8-24(33)17-23)22(2)31(42)38-25-9-4-3-5-10-25/h6-8,11-18,22,25H,3-5,9-10,19-20H2,1-2H3,(H,38,42)/t22-/m1/s1. The van der Waals surface area contributed by atoms with Gasteiger partial charge < -0.3 is 10.2 Å². The predicted octanol–water partition coefficient (Wildman–Crippen LogP) is 7.38. The van der Waals surface area contributed by atoms with Gasteiger partial charge in [-0.25, -0.2) is 8.42 Å². The van der Waals surface area contributed by atoms with E-state index in [4.69, 9.17) is 23.2 Å². The van der Waals surface area contributed by atoms with Gasteiger partial charge in [0.25, 0.3) is 10.0 Å². The Morgan fingerprint density at radius 3 is 2.27 bits per heavy atom. The molecule has 0 heterocycles. The van der Waals surface area contributed by atoms with Crippen LogP contribution < -0.4 is 9.62 Å². The van der Waals surface area contributed by atoms with Gasteiger partial charge >= 0.3 is 6.18 Å². The first kappa shape index (κ1) is 34.6. The van der Waals surface area contributed by atoms with Crippen LogP contribution in [0.1, 0.15) is 55.7 Å². The number of rotatable bonds is 10. The Balaban J connectivity index is 1.75. The highest BCUT2D eigenvalue weighted by Gasteiger charge is 2.37. The van der Waals surface area contributed by atoms with Crippen molar-refractivity contribution in [3.05, 3.63) is 93.5 Å². The van der Waals surface area contributed by atoms with Crippen molar-refractivity contribution in [3.63, 3.8) is 0 Å². The van der Waals surface area contributed by atoms with E-state index in [0.29, 0.717) is 21.0 Å². The van der Waals surface area contributed by atoms with E-state index in [0.717, 1.165) is 49.8 Å². The summed E-state index contributed by atoms with van der Waals surface area (Å²) in [6, 6.07) is 13.9. The minimum absolute atomic E-state index is 0.0508. The molecule has 2 amide bonds. The number of aryl methyl sites for hydroxylation is 1. The Hall–Kier alpha value is -3.28. The first-order valence-electron chi connectivity index (χ1n) is 14.5. The molecule has 1 atom stereocenters. The number of hydrogen-bond acceptors (Lipinski definition) is 4. The maximum absolute atomic E-state index is 14.1. The molecule has 45 heavy (non-hydrogen) atoms. The molecule has 1 fully saturated rings. The lowest BCUT2D eigenvalue weighted by molar-refractivity contribution is -0.139. The van der Waals surface area contributed by atoms with Gasteiger partial charge in [-0.15, -0.1) is 0 Å². The molecule has 7 nitrogen and oxygen atoms in total. The Morgan fingerprint density at radius 1 is 0.978 bits per heavy atom. The maximum Gasteiger partial charge on any atom is 0.417 e. The van der Waals surface area contributed by atoms with Crippen LogP contribution in [0.3, 0.4) is 0 Å². The fourth-order valence-electron chi connectivity index (χ4n) is 5.24. The molecule has 0 radical (unpaired) electrons. The van der Waals surface area contributed by atoms with Crippen molar-refractivity contribution in [1.82, 2.24) is 10.2 Å². The molecule has 0 bridgehead atoms. The second-order valence-corrected chi connectivity index (χ2v) is 13.9. The zero-order valence-electron chi connectivity index (χ0n) is 24.8. The summed E-state index contributed by atoms with van der Waals surface area (Å²) >= 11 is 12.0. The minimum Gasteiger partial charge on any atom is -0.352 e. The fraction of sp³-hybridized carbons (Fsp3) is 0.375. The third-order valence-electron chi connectivity index (χ3n) is 7.79. The van der Waals surface area contributed by atoms with E-state index in [1.54, 1.807) is 43.3 Å². The number of anilines is 1. The zero-order chi connectivity index (χ0) is 32.9. The molecule has 0 saturated heterocycles. The predicted molar refractivity (Wildman–Crippen MR) is 169 cm³/mol. The molecule has 0 aromatic heterocycles. The van der Waals surface area contributed by atoms with Crippen LogP contribution >= 0.6 is 23.2 Å². The van der Waals surface area contributed by atoms with Gasteiger partial charge in [-0.1, -0.05) is 72.3 Å². The van der Waals surface area contributed by atoms with E-state index < -0.39 is 56.9 Å². The lowest BCUT2D eigenvalue weighted by Crippen LogP contribution is -2.53. The summed E-state index contributed by atoms with van der Waals surface area (Å²) in [5, 5.41) is 2.77. The number of alkyl halides is 3. The molecule has 3 aromatic carbocycles. The molecule has 1 N–H and O–H groups in total. The number of halogens is 5. The summed E-state index contributed by atoms with van der Waals surface area (Å²) in [4.78, 5) is 28.5. The van der Waals surface area contributed by atoms with Gasteiger partial charge in [-0.2, -0.15) is 13.2 Å². The van der Waals surface area contributed by atoms with E-state index in [-0.39, 0.29) is 17.5 Å². The summed E-state index contributed by atoms with van der Waals surface area (Å²) in [5.41, 5.74) is -0.336. The van der Waals surface area contributed by atoms with Crippen LogP contribution in [0.2, 0.25) is 10.0 Å². The van der Waals surface area contributed by atoms with Crippen molar-refractivity contribution in [2.75, 3.05) is 10.8 Å². The Kier molecular flexibility index (Phi) is 11.1. The van der Waals surface area contributed by atoms with Gasteiger partial charge in [0, 0.05) is 17.6 Å². The van der Waals surface area contributed by atoms with E-state index in [1.165, 1.54) is 24.0 Å². The van der Waals surface area contributed by atoms with Crippen molar-refractivity contribution < 1.29 is 31.2 Å². The van der Waals surface area contributed by atoms with Crippen molar-refractivity contribution in [2.24, 2.45) is 0 Å². The SMILES string of the molecule is Cc1ccc(S(=O)(=O)N(CC(=O)N(Cc2cccc(Cl)c2)[C@H](C)C(=O)NC2CCCCC2)c2ccc(Cl)c(C(F)(F)F)c2)cc1. The normalized spacial score (nSPS) is 14.9. The van der Waals surface area contributed by atoms with Crippen LogP contribution in [0.15, 0.2) is 71.6 Å². The molecule has 0 aliphatic heterocycles. The summed E-state index contributed by atoms with van der Waals surface area (Å²) in [6.45, 7) is 2.28. The highest BCUT2D eigenvalue weighted by atomic mass is 35.5. The molecular formula is C32H34Cl2F3N3O4S. The van der Waals surface area contributed by atoms with Gasteiger partial charge in [0.2, 0.25) is 11.8 Å². The quantitative estimate of drug-likeness (QED) is 0.242. The Morgan fingerprint density at radius 2 is 1.64 bits per heavy atom. The second kappa shape index (κ2) is 14.4. The molecule has 3 aromatic rings. The van der Waals surface area contributed by atoms with Gasteiger partial charge in [0.05, 0.1) is 21.2 Å². The van der Waals surface area contributed by atoms with Crippen molar-refractivity contribution >= 4 is 50.7 Å². The van der Waals surface area contributed by atoms with Crippen LogP contribution in [0.4, 0.5) is 18.9 Å². The smallest absolute Gasteiger partial charge is 0.352 e. The molecule has 1 saturated carbocycles. The second-order valence-electron chi connectivity index (χ2n) is 11.2. The van der Waals surface area contributed by atoms with Crippen LogP contribution in [0.5, 0.6) is 0 Å². The molecule has 4 rings (SSSR count). The summed E-state index contributed by atoms with van der Waals surface area (Å²) in [5.74, 6) is -1.23. The number of carbonyl (C=O) groups excluding carboxylic acids is 2. The van der Waals surface area contributed by atoms with E-state index >= 15 is 0 Å². The number of benzene rings is 3. The lowest BCUT2D eigenvalue weighted by atomic mass is 9.95. The number of nitrogens with one attached hydrogen (secondary N) is 1. The first-order chi connectivity index (χ1) is 21.2. The first-order valence-corrected chi connectivity index (χ1v) is 16.7. The Labute approximate surface area is 271 Å². The highest BCUT2D eigenvalue weighted by molar-refractivity contribution is 7.92. The molecular weight excluding hydrogens is 650 g/mol. The largest absolute Gasteiger partial charge is 0.417 e. The lowest BCUT2D eigenvalue weighted by Gasteiger charge is -2.33. The summed E-state index contributed by atoms with van der Waals surface area (Å²) in [7, 11) is -4.57. The van der Waals surface area contributed by atoms with Gasteiger partial charge in [0.15, 0.2) is 0 Å². The third-order valence-corrected chi connectivity index (χ3v) is 10.1. The molecule has 1 aliphatic rings. The number of hydrogen-bond donors (Lipinski definition) is 1. The van der Waals surface area contributed by atoms with Crippen LogP contribution in [0.25, 0.3) is 0 Å². The number of amides is 2. The Bertz CT molecular complexity index is 1630. The maximum atomic E-state index is 14.1. The van der Waals surface area contributed by atoms with Crippen LogP contribution in [0, 0.1) is 6.92 Å². The molecule has 1 aliphatic carbocycles. The summed E-state index contributed by atoms with van der Waals surface area (Å²) < 4.78 is 70.0. The van der Waals surface area contributed by atoms with Gasteiger partial charge in [-0.3, -0.25) is 13.9 Å². The van der Waals surface area contributed by atoms with Crippen molar-refractivity contribution in [2.45, 2.75) is 75.7 Å². The molecule has 0 unspecified atom stereocenters. The van der Waals surface area contributed by atoms with Gasteiger partial charge in [0.1, 0.15) is 12.6 Å². The third kappa shape index (κ3) is 8.71. The van der Waals surface area contributed by atoms with E-state index in [1.807, 2.05) is 0 Å². The van der Waals surface area contributed by atoms with Gasteiger partial charge in [-0.05, 0) is 74.7 Å². The number of carbonyl (C=O) groups is 2. The minimum atomic E-state index is -4.89. The number of sulfonamides is 1. The van der Waals surface area contributed by atoms with Crippen molar-refractivity contribution in [1.29, 1.82) is 0 Å². The van der Waals surface area contributed by atoms with Crippen molar-refractivity contribution in [3.8, 4) is 0 Å². The van der Waals surface area contributed by atoms with E-state index in [2.05, 4.69) is 5.32 Å². The fourth-order valence-corrected chi connectivity index (χ4v) is 7.08. The van der Waals surface area contributed by atoms with Crippen LogP contribution in [-0.4, -0.2) is 43.8 Å². The topological polar surface area (TPSA) is 86.8 Å². The highest BCUT2D eigenvalue weighted by Crippen LogP contribution is 2.38. The summed E-state index contributed by atoms with van der Waals surface area (Å²) in [6.07, 6.45) is -0.258. The molecule has 13 heteroatoms. The average molecular weight is 685 g/mol. The average Bonchev–Trinajstić information content (AvgIpc) is 2.98. The van der Waals surface area contributed by atoms with E-state index in [9.17, 15) is 31.2 Å².